The minimum Gasteiger partial charge on any atom is -0.508 e. The molecule has 0 saturated carbocycles. The van der Waals surface area contributed by atoms with Crippen molar-refractivity contribution in [1.29, 1.82) is 0 Å². The Kier molecular flexibility index (Phi) is 6.37. The zero-order valence-electron chi connectivity index (χ0n) is 14.6. The summed E-state index contributed by atoms with van der Waals surface area (Å²) >= 11 is 5.00. The minimum absolute atomic E-state index is 0.117. The van der Waals surface area contributed by atoms with Crippen molar-refractivity contribution in [2.75, 3.05) is 0 Å². The van der Waals surface area contributed by atoms with E-state index >= 15 is 0 Å². The molecule has 0 amide bonds. The van der Waals surface area contributed by atoms with Crippen molar-refractivity contribution in [3.05, 3.63) is 89.2 Å². The van der Waals surface area contributed by atoms with Gasteiger partial charge in [-0.2, -0.15) is 4.08 Å². The standard InChI is InChI=1S/C20H17ClFO5P/c21-27-28(24,25)13-15-3-7-18(8-4-15)26-19-9-10-20(23)16(12-19)11-14-1-5-17(22)6-2-14/h1-10,12,23H,11,13H2,(H,24,25). The Balaban J connectivity index is 1.72. The van der Waals surface area contributed by atoms with Gasteiger partial charge in [0.05, 0.1) is 18.0 Å². The molecule has 3 aromatic carbocycles. The molecule has 0 spiro atoms. The van der Waals surface area contributed by atoms with Crippen LogP contribution in [0.2, 0.25) is 0 Å². The van der Waals surface area contributed by atoms with Gasteiger partial charge in [0.15, 0.2) is 0 Å². The van der Waals surface area contributed by atoms with Crippen LogP contribution in [0.4, 0.5) is 4.39 Å². The van der Waals surface area contributed by atoms with Gasteiger partial charge >= 0.3 is 7.60 Å². The number of rotatable bonds is 7. The maximum Gasteiger partial charge on any atom is 0.348 e. The van der Waals surface area contributed by atoms with Gasteiger partial charge < -0.3 is 14.7 Å². The maximum atomic E-state index is 13.0. The predicted molar refractivity (Wildman–Crippen MR) is 104 cm³/mol. The number of phenols is 1. The summed E-state index contributed by atoms with van der Waals surface area (Å²) in [4.78, 5) is 9.40. The summed E-state index contributed by atoms with van der Waals surface area (Å²) in [5, 5.41) is 10.1. The van der Waals surface area contributed by atoms with E-state index in [0.717, 1.165) is 5.56 Å². The highest BCUT2D eigenvalue weighted by Gasteiger charge is 2.19. The molecular weight excluding hydrogens is 406 g/mol. The van der Waals surface area contributed by atoms with Gasteiger partial charge in [0.25, 0.3) is 0 Å². The van der Waals surface area contributed by atoms with Crippen molar-refractivity contribution in [2.45, 2.75) is 12.6 Å². The molecule has 3 rings (SSSR count). The van der Waals surface area contributed by atoms with Crippen LogP contribution in [0.1, 0.15) is 16.7 Å². The van der Waals surface area contributed by atoms with E-state index in [9.17, 15) is 19.0 Å². The number of ether oxygens (including phenoxy) is 1. The lowest BCUT2D eigenvalue weighted by Crippen LogP contribution is -1.92. The quantitative estimate of drug-likeness (QED) is 0.473. The molecular formula is C20H17ClFO5P. The summed E-state index contributed by atoms with van der Waals surface area (Å²) in [6.45, 7) is 0. The van der Waals surface area contributed by atoms with E-state index in [1.165, 1.54) is 18.2 Å². The number of hydrogen-bond acceptors (Lipinski definition) is 4. The second-order valence-electron chi connectivity index (χ2n) is 6.20. The molecule has 146 valence electrons. The van der Waals surface area contributed by atoms with Crippen LogP contribution in [-0.4, -0.2) is 10.00 Å². The summed E-state index contributed by atoms with van der Waals surface area (Å²) in [5.41, 5.74) is 2.07. The minimum atomic E-state index is -3.85. The molecule has 1 unspecified atom stereocenters. The Morgan fingerprint density at radius 2 is 1.54 bits per heavy atom. The topological polar surface area (TPSA) is 76.0 Å². The van der Waals surface area contributed by atoms with Crippen molar-refractivity contribution in [2.24, 2.45) is 0 Å². The third-order valence-electron chi connectivity index (χ3n) is 4.01. The third kappa shape index (κ3) is 5.57. The Bertz CT molecular complexity index is 992. The van der Waals surface area contributed by atoms with Gasteiger partial charge in [0.2, 0.25) is 0 Å². The monoisotopic (exact) mass is 422 g/mol. The molecule has 0 aliphatic heterocycles. The molecule has 0 bridgehead atoms. The molecule has 0 fully saturated rings. The van der Waals surface area contributed by atoms with E-state index in [1.54, 1.807) is 48.5 Å². The van der Waals surface area contributed by atoms with Crippen LogP contribution in [0.25, 0.3) is 0 Å². The largest absolute Gasteiger partial charge is 0.508 e. The molecule has 0 aliphatic rings. The van der Waals surface area contributed by atoms with Crippen molar-refractivity contribution in [3.8, 4) is 17.2 Å². The molecule has 0 aromatic heterocycles. The SMILES string of the molecule is O=P(O)(Cc1ccc(Oc2ccc(O)c(Cc3ccc(F)cc3)c2)cc1)OCl. The summed E-state index contributed by atoms with van der Waals surface area (Å²) in [7, 11) is -3.85. The highest BCUT2D eigenvalue weighted by molar-refractivity contribution is 7.52. The number of halogens is 2. The smallest absolute Gasteiger partial charge is 0.348 e. The highest BCUT2D eigenvalue weighted by Crippen LogP contribution is 2.47. The second-order valence-corrected chi connectivity index (χ2v) is 8.35. The zero-order valence-corrected chi connectivity index (χ0v) is 16.2. The van der Waals surface area contributed by atoms with Gasteiger partial charge in [-0.25, -0.2) is 4.39 Å². The third-order valence-corrected chi connectivity index (χ3v) is 5.64. The lowest BCUT2D eigenvalue weighted by molar-refractivity contribution is 0.392. The average Bonchev–Trinajstić information content (AvgIpc) is 2.67. The first-order valence-corrected chi connectivity index (χ1v) is 10.4. The molecule has 5 nitrogen and oxygen atoms in total. The Morgan fingerprint density at radius 1 is 0.929 bits per heavy atom. The van der Waals surface area contributed by atoms with Crippen LogP contribution >= 0.6 is 19.5 Å². The van der Waals surface area contributed by atoms with Crippen molar-refractivity contribution < 1.29 is 27.8 Å². The first kappa shape index (κ1) is 20.4. The van der Waals surface area contributed by atoms with Crippen LogP contribution in [0.5, 0.6) is 17.2 Å². The van der Waals surface area contributed by atoms with Crippen molar-refractivity contribution in [3.63, 3.8) is 0 Å². The molecule has 8 heteroatoms. The second kappa shape index (κ2) is 8.76. The molecule has 0 saturated heterocycles. The molecule has 0 radical (unpaired) electrons. The van der Waals surface area contributed by atoms with E-state index in [-0.39, 0.29) is 17.7 Å². The highest BCUT2D eigenvalue weighted by atomic mass is 35.5. The van der Waals surface area contributed by atoms with E-state index in [0.29, 0.717) is 29.0 Å². The van der Waals surface area contributed by atoms with Crippen LogP contribution in [-0.2, 0) is 21.2 Å². The lowest BCUT2D eigenvalue weighted by atomic mass is 10.0. The van der Waals surface area contributed by atoms with E-state index in [2.05, 4.69) is 4.08 Å². The van der Waals surface area contributed by atoms with Crippen LogP contribution < -0.4 is 4.74 Å². The Hall–Kier alpha value is -2.37. The molecule has 0 heterocycles. The predicted octanol–water partition coefficient (Wildman–Crippen LogP) is 5.77. The summed E-state index contributed by atoms with van der Waals surface area (Å²) in [6, 6.07) is 17.5. The number of aromatic hydroxyl groups is 1. The van der Waals surface area contributed by atoms with E-state index < -0.39 is 7.60 Å². The number of hydrogen-bond donors (Lipinski definition) is 2. The van der Waals surface area contributed by atoms with Crippen LogP contribution in [0, 0.1) is 5.82 Å². The fourth-order valence-corrected chi connectivity index (χ4v) is 3.51. The molecule has 1 atom stereocenters. The lowest BCUT2D eigenvalue weighted by Gasteiger charge is -2.11. The Labute approximate surface area is 166 Å². The number of phenolic OH excluding ortho intramolecular Hbond substituents is 1. The first-order chi connectivity index (χ1) is 13.3. The fourth-order valence-electron chi connectivity index (χ4n) is 2.64. The zero-order chi connectivity index (χ0) is 20.1. The van der Waals surface area contributed by atoms with Gasteiger partial charge in [-0.15, -0.1) is 0 Å². The van der Waals surface area contributed by atoms with Crippen LogP contribution in [0.3, 0.4) is 0 Å². The van der Waals surface area contributed by atoms with Gasteiger partial charge in [-0.05, 0) is 53.6 Å². The van der Waals surface area contributed by atoms with Gasteiger partial charge in [0, 0.05) is 12.0 Å². The normalized spacial score (nSPS) is 13.1. The van der Waals surface area contributed by atoms with E-state index in [1.807, 2.05) is 0 Å². The number of benzene rings is 3. The van der Waals surface area contributed by atoms with Crippen LogP contribution in [0.15, 0.2) is 66.7 Å². The summed E-state index contributed by atoms with van der Waals surface area (Å²) < 4.78 is 34.4. The van der Waals surface area contributed by atoms with E-state index in [4.69, 9.17) is 16.6 Å². The maximum absolute atomic E-state index is 13.0. The fraction of sp³-hybridized carbons (Fsp3) is 0.100. The molecule has 28 heavy (non-hydrogen) atoms. The summed E-state index contributed by atoms with van der Waals surface area (Å²) in [6.07, 6.45) is 0.213. The average molecular weight is 423 g/mol. The van der Waals surface area contributed by atoms with Gasteiger partial charge in [0.1, 0.15) is 23.1 Å². The molecule has 3 aromatic rings. The Morgan fingerprint density at radius 3 is 2.18 bits per heavy atom. The van der Waals surface area contributed by atoms with Crippen molar-refractivity contribution >= 4 is 19.5 Å². The summed E-state index contributed by atoms with van der Waals surface area (Å²) in [5.74, 6) is 0.830. The van der Waals surface area contributed by atoms with Gasteiger partial charge in [-0.3, -0.25) is 4.57 Å². The molecule has 2 N–H and O–H groups in total. The first-order valence-electron chi connectivity index (χ1n) is 8.30. The van der Waals surface area contributed by atoms with Crippen molar-refractivity contribution in [1.82, 2.24) is 0 Å². The van der Waals surface area contributed by atoms with Gasteiger partial charge in [-0.1, -0.05) is 24.3 Å². The molecule has 0 aliphatic carbocycles.